The van der Waals surface area contributed by atoms with E-state index in [0.717, 1.165) is 34.1 Å². The van der Waals surface area contributed by atoms with Crippen LogP contribution in [-0.4, -0.2) is 8.07 Å². The maximum absolute atomic E-state index is 2.70. The molecule has 0 bridgehead atoms. The highest BCUT2D eigenvalue weighted by molar-refractivity contribution is 7.22. The van der Waals surface area contributed by atoms with Gasteiger partial charge in [0.15, 0.2) is 8.07 Å². The minimum absolute atomic E-state index is 1.13. The monoisotopic (exact) mass is 668 g/mol. The minimum Gasteiger partial charge on any atom is -0.310 e. The first-order valence-electron chi connectivity index (χ1n) is 17.5. The third kappa shape index (κ3) is 5.27. The Hall–Kier alpha value is -6.42. The summed E-state index contributed by atoms with van der Waals surface area (Å²) in [6.45, 7) is 0. The highest BCUT2D eigenvalue weighted by Gasteiger charge is 2.49. The molecular formula is C48H36N2Si. The molecule has 0 unspecified atom stereocenters. The Labute approximate surface area is 301 Å². The molecule has 0 spiro atoms. The van der Waals surface area contributed by atoms with E-state index in [0.29, 0.717) is 0 Å². The highest BCUT2D eigenvalue weighted by Crippen LogP contribution is 2.41. The van der Waals surface area contributed by atoms with Crippen molar-refractivity contribution in [2.45, 2.75) is 0 Å². The second-order valence-corrected chi connectivity index (χ2v) is 16.7. The van der Waals surface area contributed by atoms with Crippen molar-refractivity contribution >= 4 is 62.9 Å². The van der Waals surface area contributed by atoms with Crippen molar-refractivity contribution in [1.29, 1.82) is 0 Å². The smallest absolute Gasteiger partial charge is 0.180 e. The topological polar surface area (TPSA) is 6.48 Å². The van der Waals surface area contributed by atoms with Crippen LogP contribution in [0.5, 0.6) is 0 Å². The van der Waals surface area contributed by atoms with Gasteiger partial charge in [-0.15, -0.1) is 0 Å². The predicted octanol–water partition coefficient (Wildman–Crippen LogP) is 9.98. The van der Waals surface area contributed by atoms with E-state index in [1.54, 1.807) is 0 Å². The predicted molar refractivity (Wildman–Crippen MR) is 218 cm³/mol. The number of nitrogens with zero attached hydrogens (tertiary/aromatic N) is 2. The van der Waals surface area contributed by atoms with E-state index >= 15 is 0 Å². The zero-order chi connectivity index (χ0) is 34.0. The normalized spacial score (nSPS) is 12.5. The average molecular weight is 669 g/mol. The molecule has 0 fully saturated rings. The fourth-order valence-electron chi connectivity index (χ4n) is 7.96. The molecule has 0 aliphatic carbocycles. The molecule has 242 valence electrons. The van der Waals surface area contributed by atoms with E-state index in [2.05, 4.69) is 228 Å². The summed E-state index contributed by atoms with van der Waals surface area (Å²) in [4.78, 5) is 4.74. The molecule has 0 atom stereocenters. The second kappa shape index (κ2) is 13.1. The first-order chi connectivity index (χ1) is 25.3. The van der Waals surface area contributed by atoms with Crippen molar-refractivity contribution < 1.29 is 0 Å². The van der Waals surface area contributed by atoms with E-state index in [1.807, 2.05) is 0 Å². The molecule has 51 heavy (non-hydrogen) atoms. The molecule has 1 aliphatic heterocycles. The van der Waals surface area contributed by atoms with Crippen LogP contribution < -0.4 is 30.5 Å². The Morgan fingerprint density at radius 1 is 0.255 bits per heavy atom. The van der Waals surface area contributed by atoms with E-state index in [4.69, 9.17) is 0 Å². The summed E-state index contributed by atoms with van der Waals surface area (Å²) >= 11 is 0. The van der Waals surface area contributed by atoms with Crippen LogP contribution in [0.25, 0.3) is 11.1 Å². The lowest BCUT2D eigenvalue weighted by atomic mass is 10.0. The van der Waals surface area contributed by atoms with Gasteiger partial charge in [0, 0.05) is 34.1 Å². The maximum atomic E-state index is 2.44. The van der Waals surface area contributed by atoms with Gasteiger partial charge in [0.2, 0.25) is 0 Å². The highest BCUT2D eigenvalue weighted by atomic mass is 28.3. The number of para-hydroxylation sites is 4. The molecule has 0 N–H and O–H groups in total. The third-order valence-corrected chi connectivity index (χ3v) is 15.0. The van der Waals surface area contributed by atoms with Crippen LogP contribution in [0.1, 0.15) is 0 Å². The zero-order valence-corrected chi connectivity index (χ0v) is 29.2. The molecule has 0 saturated heterocycles. The summed E-state index contributed by atoms with van der Waals surface area (Å²) in [5, 5.41) is 5.62. The molecule has 1 heterocycles. The number of fused-ring (bicyclic) bond motifs is 3. The van der Waals surface area contributed by atoms with Crippen LogP contribution in [0.3, 0.4) is 0 Å². The molecule has 2 nitrogen and oxygen atoms in total. The minimum atomic E-state index is -2.70. The SMILES string of the molecule is c1ccc(N(c2ccccc2)c2ccc3c(c2)-c2cc(N(c4ccccc4)c4ccccc4)ccc2[Si]3(c2ccccc2)c2ccccc2)cc1. The lowest BCUT2D eigenvalue weighted by Crippen LogP contribution is -2.72. The number of benzene rings is 8. The molecule has 0 amide bonds. The van der Waals surface area contributed by atoms with E-state index in [9.17, 15) is 0 Å². The van der Waals surface area contributed by atoms with Gasteiger partial charge in [0.25, 0.3) is 0 Å². The summed E-state index contributed by atoms with van der Waals surface area (Å²) in [5.41, 5.74) is 9.37. The van der Waals surface area contributed by atoms with Crippen LogP contribution in [0.15, 0.2) is 218 Å². The van der Waals surface area contributed by atoms with Crippen LogP contribution in [-0.2, 0) is 0 Å². The number of rotatable bonds is 8. The summed E-state index contributed by atoms with van der Waals surface area (Å²) in [7, 11) is -2.70. The van der Waals surface area contributed by atoms with Crippen molar-refractivity contribution in [1.82, 2.24) is 0 Å². The standard InChI is InChI=1S/C48H36N2Si/c1-7-19-37(20-8-1)49(38-21-9-2-10-22-38)41-31-33-47-45(35-41)46-36-42(50(39-23-11-3-12-24-39)40-25-13-4-14-26-40)32-34-48(46)51(47,43-27-15-5-16-28-43)44-29-17-6-18-30-44/h1-36H. The van der Waals surface area contributed by atoms with Gasteiger partial charge in [0.05, 0.1) is 0 Å². The first kappa shape index (κ1) is 30.6. The molecule has 8 aromatic carbocycles. The fourth-order valence-corrected chi connectivity index (χ4v) is 13.1. The van der Waals surface area contributed by atoms with Crippen LogP contribution >= 0.6 is 0 Å². The van der Waals surface area contributed by atoms with Gasteiger partial charge in [-0.3, -0.25) is 0 Å². The first-order valence-corrected chi connectivity index (χ1v) is 19.5. The molecule has 8 aromatic rings. The lowest BCUT2D eigenvalue weighted by molar-refractivity contribution is 1.28. The summed E-state index contributed by atoms with van der Waals surface area (Å²) in [6.07, 6.45) is 0. The lowest BCUT2D eigenvalue weighted by Gasteiger charge is -2.32. The van der Waals surface area contributed by atoms with E-state index in [-0.39, 0.29) is 0 Å². The Kier molecular flexibility index (Phi) is 7.88. The summed E-state index contributed by atoms with van der Waals surface area (Å²) in [6, 6.07) is 79.7. The molecule has 9 rings (SSSR count). The second-order valence-electron chi connectivity index (χ2n) is 13.0. The van der Waals surface area contributed by atoms with Gasteiger partial charge in [-0.1, -0.05) is 146 Å². The Morgan fingerprint density at radius 3 is 0.824 bits per heavy atom. The molecule has 0 saturated carbocycles. The van der Waals surface area contributed by atoms with Crippen molar-refractivity contribution in [3.05, 3.63) is 218 Å². The number of anilines is 6. The molecule has 1 aliphatic rings. The number of hydrogen-bond donors (Lipinski definition) is 0. The Balaban J connectivity index is 1.34. The maximum Gasteiger partial charge on any atom is 0.180 e. The fraction of sp³-hybridized carbons (Fsp3) is 0. The van der Waals surface area contributed by atoms with Gasteiger partial charge in [-0.25, -0.2) is 0 Å². The summed E-state index contributed by atoms with van der Waals surface area (Å²) in [5.74, 6) is 0. The van der Waals surface area contributed by atoms with Crippen molar-refractivity contribution in [2.24, 2.45) is 0 Å². The molecule has 3 heteroatoms. The molecular weight excluding hydrogens is 633 g/mol. The largest absolute Gasteiger partial charge is 0.310 e. The van der Waals surface area contributed by atoms with E-state index in [1.165, 1.54) is 31.9 Å². The van der Waals surface area contributed by atoms with Gasteiger partial charge < -0.3 is 9.80 Å². The Bertz CT molecular complexity index is 2150. The van der Waals surface area contributed by atoms with Gasteiger partial charge in [-0.2, -0.15) is 0 Å². The molecule has 0 radical (unpaired) electrons. The van der Waals surface area contributed by atoms with Gasteiger partial charge >= 0.3 is 0 Å². The van der Waals surface area contributed by atoms with Gasteiger partial charge in [-0.05, 0) is 105 Å². The molecule has 0 aromatic heterocycles. The number of hydrogen-bond acceptors (Lipinski definition) is 2. The van der Waals surface area contributed by atoms with Crippen molar-refractivity contribution in [3.63, 3.8) is 0 Å². The third-order valence-electron chi connectivity index (χ3n) is 10.1. The van der Waals surface area contributed by atoms with Gasteiger partial charge in [0.1, 0.15) is 0 Å². The quantitative estimate of drug-likeness (QED) is 0.149. The van der Waals surface area contributed by atoms with E-state index < -0.39 is 8.07 Å². The zero-order valence-electron chi connectivity index (χ0n) is 28.2. The van der Waals surface area contributed by atoms with Crippen LogP contribution in [0.4, 0.5) is 34.1 Å². The van der Waals surface area contributed by atoms with Crippen LogP contribution in [0.2, 0.25) is 0 Å². The summed E-state index contributed by atoms with van der Waals surface area (Å²) < 4.78 is 0. The Morgan fingerprint density at radius 2 is 0.529 bits per heavy atom. The van der Waals surface area contributed by atoms with Crippen molar-refractivity contribution in [3.8, 4) is 11.1 Å². The average Bonchev–Trinajstić information content (AvgIpc) is 3.50. The van der Waals surface area contributed by atoms with Crippen molar-refractivity contribution in [2.75, 3.05) is 9.80 Å². The van der Waals surface area contributed by atoms with Crippen LogP contribution in [0, 0.1) is 0 Å².